The Morgan fingerprint density at radius 1 is 1.35 bits per heavy atom. The van der Waals surface area contributed by atoms with Crippen LogP contribution in [0.15, 0.2) is 6.20 Å². The number of aromatic amines is 1. The Morgan fingerprint density at radius 3 is 3.00 bits per heavy atom. The molecule has 0 radical (unpaired) electrons. The number of H-pyrrole nitrogens is 1. The highest BCUT2D eigenvalue weighted by atomic mass is 35.5. The van der Waals surface area contributed by atoms with E-state index in [2.05, 4.69) is 25.5 Å². The minimum Gasteiger partial charge on any atom is -0.381 e. The van der Waals surface area contributed by atoms with Crippen LogP contribution >= 0.6 is 11.6 Å². The molecule has 0 aromatic carbocycles. The molecule has 17 heavy (non-hydrogen) atoms. The van der Waals surface area contributed by atoms with Crippen molar-refractivity contribution in [2.24, 2.45) is 0 Å². The van der Waals surface area contributed by atoms with Crippen LogP contribution in [0.3, 0.4) is 0 Å². The molecule has 0 amide bonds. The van der Waals surface area contributed by atoms with E-state index in [4.69, 9.17) is 16.3 Å². The molecule has 1 aliphatic rings. The lowest BCUT2D eigenvalue weighted by Gasteiger charge is -2.23. The molecule has 0 bridgehead atoms. The average molecular weight is 254 g/mol. The zero-order valence-electron chi connectivity index (χ0n) is 9.11. The summed E-state index contributed by atoms with van der Waals surface area (Å²) in [5.74, 6) is 0.737. The van der Waals surface area contributed by atoms with Crippen LogP contribution in [0.1, 0.15) is 12.8 Å². The van der Waals surface area contributed by atoms with Gasteiger partial charge in [-0.25, -0.2) is 0 Å². The summed E-state index contributed by atoms with van der Waals surface area (Å²) in [4.78, 5) is 8.27. The van der Waals surface area contributed by atoms with Gasteiger partial charge < -0.3 is 10.1 Å². The molecule has 3 heterocycles. The predicted molar refractivity (Wildman–Crippen MR) is 64.2 cm³/mol. The van der Waals surface area contributed by atoms with Gasteiger partial charge in [0, 0.05) is 19.3 Å². The van der Waals surface area contributed by atoms with Gasteiger partial charge in [0.2, 0.25) is 5.28 Å². The van der Waals surface area contributed by atoms with Gasteiger partial charge in [-0.1, -0.05) is 0 Å². The van der Waals surface area contributed by atoms with E-state index in [9.17, 15) is 0 Å². The zero-order valence-corrected chi connectivity index (χ0v) is 9.87. The molecule has 0 spiro atoms. The summed E-state index contributed by atoms with van der Waals surface area (Å²) in [5.41, 5.74) is 0.652. The normalized spacial score (nSPS) is 17.5. The number of rotatable bonds is 2. The fraction of sp³-hybridized carbons (Fsp3) is 0.500. The maximum absolute atomic E-state index is 5.86. The SMILES string of the molecule is Clc1nc(NC2CCOCC2)c2cn[nH]c2n1. The van der Waals surface area contributed by atoms with Crippen LogP contribution in [-0.4, -0.2) is 39.4 Å². The lowest BCUT2D eigenvalue weighted by Crippen LogP contribution is -2.28. The first-order valence-corrected chi connectivity index (χ1v) is 5.91. The van der Waals surface area contributed by atoms with Crippen molar-refractivity contribution in [3.8, 4) is 0 Å². The number of fused-ring (bicyclic) bond motifs is 1. The van der Waals surface area contributed by atoms with E-state index in [1.807, 2.05) is 0 Å². The Bertz CT molecular complexity index is 522. The van der Waals surface area contributed by atoms with E-state index < -0.39 is 0 Å². The van der Waals surface area contributed by atoms with Gasteiger partial charge in [0.05, 0.1) is 11.6 Å². The van der Waals surface area contributed by atoms with Gasteiger partial charge in [0.15, 0.2) is 5.65 Å². The molecule has 0 atom stereocenters. The highest BCUT2D eigenvalue weighted by molar-refractivity contribution is 6.28. The first-order chi connectivity index (χ1) is 8.33. The van der Waals surface area contributed by atoms with Crippen molar-refractivity contribution in [2.45, 2.75) is 18.9 Å². The van der Waals surface area contributed by atoms with Gasteiger partial charge in [-0.3, -0.25) is 5.10 Å². The van der Waals surface area contributed by atoms with Crippen molar-refractivity contribution in [3.05, 3.63) is 11.5 Å². The number of halogens is 1. The van der Waals surface area contributed by atoms with Crippen LogP contribution in [0.5, 0.6) is 0 Å². The van der Waals surface area contributed by atoms with Gasteiger partial charge in [0.25, 0.3) is 0 Å². The first kappa shape index (κ1) is 10.7. The van der Waals surface area contributed by atoms with Crippen LogP contribution in [-0.2, 0) is 4.74 Å². The van der Waals surface area contributed by atoms with Gasteiger partial charge in [0.1, 0.15) is 5.82 Å². The lowest BCUT2D eigenvalue weighted by molar-refractivity contribution is 0.0904. The topological polar surface area (TPSA) is 75.7 Å². The number of ether oxygens (including phenoxy) is 1. The molecule has 0 unspecified atom stereocenters. The summed E-state index contributed by atoms with van der Waals surface area (Å²) in [6.07, 6.45) is 3.65. The first-order valence-electron chi connectivity index (χ1n) is 5.54. The Balaban J connectivity index is 1.90. The number of aromatic nitrogens is 4. The lowest BCUT2D eigenvalue weighted by atomic mass is 10.1. The van der Waals surface area contributed by atoms with E-state index in [-0.39, 0.29) is 5.28 Å². The second kappa shape index (κ2) is 4.46. The molecule has 2 N–H and O–H groups in total. The van der Waals surface area contributed by atoms with Gasteiger partial charge in [-0.15, -0.1) is 0 Å². The smallest absolute Gasteiger partial charge is 0.226 e. The quantitative estimate of drug-likeness (QED) is 0.795. The average Bonchev–Trinajstić information content (AvgIpc) is 2.78. The molecule has 7 heteroatoms. The maximum Gasteiger partial charge on any atom is 0.226 e. The third-order valence-electron chi connectivity index (χ3n) is 2.84. The van der Waals surface area contributed by atoms with Crippen LogP contribution < -0.4 is 5.32 Å². The fourth-order valence-electron chi connectivity index (χ4n) is 1.95. The Labute approximate surface area is 103 Å². The van der Waals surface area contributed by atoms with Gasteiger partial charge in [-0.2, -0.15) is 15.1 Å². The molecule has 2 aromatic rings. The number of anilines is 1. The van der Waals surface area contributed by atoms with Gasteiger partial charge >= 0.3 is 0 Å². The van der Waals surface area contributed by atoms with Crippen molar-refractivity contribution in [1.29, 1.82) is 0 Å². The van der Waals surface area contributed by atoms with Crippen LogP contribution in [0.4, 0.5) is 5.82 Å². The summed E-state index contributed by atoms with van der Waals surface area (Å²) in [6, 6.07) is 0.368. The van der Waals surface area contributed by atoms with E-state index in [0.29, 0.717) is 11.7 Å². The van der Waals surface area contributed by atoms with Gasteiger partial charge in [-0.05, 0) is 24.4 Å². The molecule has 3 rings (SSSR count). The number of nitrogens with one attached hydrogen (secondary N) is 2. The Hall–Kier alpha value is -1.40. The van der Waals surface area contributed by atoms with E-state index >= 15 is 0 Å². The third kappa shape index (κ3) is 2.18. The van der Waals surface area contributed by atoms with Crippen molar-refractivity contribution >= 4 is 28.5 Å². The van der Waals surface area contributed by atoms with Crippen molar-refractivity contribution in [1.82, 2.24) is 20.2 Å². The monoisotopic (exact) mass is 253 g/mol. The highest BCUT2D eigenvalue weighted by Gasteiger charge is 2.16. The Morgan fingerprint density at radius 2 is 2.18 bits per heavy atom. The van der Waals surface area contributed by atoms with Crippen LogP contribution in [0.2, 0.25) is 5.28 Å². The molecule has 0 saturated carbocycles. The molecule has 0 aliphatic carbocycles. The predicted octanol–water partition coefficient (Wildman–Crippen LogP) is 1.60. The van der Waals surface area contributed by atoms with Crippen molar-refractivity contribution < 1.29 is 4.74 Å². The minimum atomic E-state index is 0.219. The number of hydrogen-bond donors (Lipinski definition) is 2. The molecule has 1 aliphatic heterocycles. The summed E-state index contributed by atoms with van der Waals surface area (Å²) in [6.45, 7) is 1.57. The molecular formula is C10H12ClN5O. The molecule has 1 saturated heterocycles. The van der Waals surface area contributed by atoms with Crippen molar-refractivity contribution in [2.75, 3.05) is 18.5 Å². The maximum atomic E-state index is 5.86. The van der Waals surface area contributed by atoms with E-state index in [1.165, 1.54) is 0 Å². The zero-order chi connectivity index (χ0) is 11.7. The standard InChI is InChI=1S/C10H12ClN5O/c11-10-14-8(7-5-12-16-9(7)15-10)13-6-1-3-17-4-2-6/h5-6H,1-4H2,(H2,12,13,14,15,16). The number of hydrogen-bond acceptors (Lipinski definition) is 5. The summed E-state index contributed by atoms with van der Waals surface area (Å²) in [7, 11) is 0. The molecular weight excluding hydrogens is 242 g/mol. The second-order valence-electron chi connectivity index (χ2n) is 4.00. The molecule has 6 nitrogen and oxygen atoms in total. The van der Waals surface area contributed by atoms with E-state index in [1.54, 1.807) is 6.20 Å². The third-order valence-corrected chi connectivity index (χ3v) is 3.01. The van der Waals surface area contributed by atoms with E-state index in [0.717, 1.165) is 37.3 Å². The summed E-state index contributed by atoms with van der Waals surface area (Å²) >= 11 is 5.86. The van der Waals surface area contributed by atoms with Crippen LogP contribution in [0.25, 0.3) is 11.0 Å². The largest absolute Gasteiger partial charge is 0.381 e. The highest BCUT2D eigenvalue weighted by Crippen LogP contribution is 2.22. The fourth-order valence-corrected chi connectivity index (χ4v) is 2.12. The Kier molecular flexibility index (Phi) is 2.82. The molecule has 2 aromatic heterocycles. The second-order valence-corrected chi connectivity index (χ2v) is 4.34. The summed E-state index contributed by atoms with van der Waals surface area (Å²) in [5, 5.41) is 11.2. The molecule has 1 fully saturated rings. The van der Waals surface area contributed by atoms with Crippen molar-refractivity contribution in [3.63, 3.8) is 0 Å². The molecule has 90 valence electrons. The number of nitrogens with zero attached hydrogens (tertiary/aromatic N) is 3. The summed E-state index contributed by atoms with van der Waals surface area (Å²) < 4.78 is 5.32. The minimum absolute atomic E-state index is 0.219. The van der Waals surface area contributed by atoms with Crippen LogP contribution in [0, 0.1) is 0 Å².